The van der Waals surface area contributed by atoms with Crippen molar-refractivity contribution in [2.24, 2.45) is 0 Å². The number of benzene rings is 3. The predicted octanol–water partition coefficient (Wildman–Crippen LogP) is 6.18. The van der Waals surface area contributed by atoms with E-state index in [2.05, 4.69) is 4.74 Å². The smallest absolute Gasteiger partial charge is 0.429 e. The second kappa shape index (κ2) is 6.94. The molecule has 3 aromatic rings. The molecule has 0 aliphatic rings. The summed E-state index contributed by atoms with van der Waals surface area (Å²) in [6.07, 6.45) is -4.32. The minimum atomic E-state index is -4.32. The highest BCUT2D eigenvalue weighted by Crippen LogP contribution is 2.36. The molecule has 27 heavy (non-hydrogen) atoms. The molecule has 1 nitrogen and oxygen atoms in total. The van der Waals surface area contributed by atoms with Crippen molar-refractivity contribution in [3.05, 3.63) is 89.2 Å². The van der Waals surface area contributed by atoms with E-state index in [4.69, 9.17) is 0 Å². The zero-order valence-electron chi connectivity index (χ0n) is 13.3. The molecule has 0 saturated heterocycles. The van der Waals surface area contributed by atoms with Crippen molar-refractivity contribution < 1.29 is 35.5 Å². The van der Waals surface area contributed by atoms with Gasteiger partial charge in [-0.2, -0.15) is 8.78 Å². The first-order valence-corrected chi connectivity index (χ1v) is 7.45. The van der Waals surface area contributed by atoms with Crippen molar-refractivity contribution in [1.82, 2.24) is 0 Å². The number of hydrogen-bond donors (Lipinski definition) is 0. The third-order valence-electron chi connectivity index (χ3n) is 3.67. The summed E-state index contributed by atoms with van der Waals surface area (Å²) in [4.78, 5) is 0. The van der Waals surface area contributed by atoms with Crippen LogP contribution in [0.2, 0.25) is 0 Å². The van der Waals surface area contributed by atoms with Gasteiger partial charge in [0, 0.05) is 17.7 Å². The van der Waals surface area contributed by atoms with Gasteiger partial charge < -0.3 is 4.74 Å². The van der Waals surface area contributed by atoms with Gasteiger partial charge in [-0.3, -0.25) is 0 Å². The lowest BCUT2D eigenvalue weighted by Crippen LogP contribution is -2.23. The molecule has 0 bridgehead atoms. The van der Waals surface area contributed by atoms with E-state index in [0.717, 1.165) is 12.1 Å². The average molecular weight is 386 g/mol. The number of hydrogen-bond acceptors (Lipinski definition) is 1. The molecular weight excluding hydrogens is 377 g/mol. The number of alkyl halides is 2. The molecule has 0 saturated carbocycles. The molecule has 0 aliphatic heterocycles. The van der Waals surface area contributed by atoms with Gasteiger partial charge in [0.15, 0.2) is 17.5 Å². The van der Waals surface area contributed by atoms with Gasteiger partial charge in [0.1, 0.15) is 17.4 Å². The molecule has 140 valence electrons. The molecule has 0 amide bonds. The van der Waals surface area contributed by atoms with Crippen LogP contribution in [0.15, 0.2) is 54.6 Å². The van der Waals surface area contributed by atoms with E-state index in [1.54, 1.807) is 0 Å². The Morgan fingerprint density at radius 1 is 0.667 bits per heavy atom. The fourth-order valence-electron chi connectivity index (χ4n) is 2.41. The molecule has 0 atom stereocenters. The minimum Gasteiger partial charge on any atom is -0.429 e. The second-order valence-electron chi connectivity index (χ2n) is 5.49. The Labute approximate surface area is 148 Å². The first-order valence-electron chi connectivity index (χ1n) is 7.45. The molecule has 0 radical (unpaired) electrons. The van der Waals surface area contributed by atoms with E-state index in [-0.39, 0.29) is 23.3 Å². The van der Waals surface area contributed by atoms with Crippen molar-refractivity contribution >= 4 is 0 Å². The van der Waals surface area contributed by atoms with Gasteiger partial charge in [-0.1, -0.05) is 24.3 Å². The van der Waals surface area contributed by atoms with Gasteiger partial charge in [-0.15, -0.1) is 0 Å². The summed E-state index contributed by atoms with van der Waals surface area (Å²) in [6, 6.07) is 8.14. The highest BCUT2D eigenvalue weighted by molar-refractivity contribution is 5.64. The monoisotopic (exact) mass is 386 g/mol. The van der Waals surface area contributed by atoms with Crippen LogP contribution in [0.3, 0.4) is 0 Å². The molecule has 3 aromatic carbocycles. The molecule has 0 unspecified atom stereocenters. The van der Waals surface area contributed by atoms with E-state index in [1.807, 2.05) is 0 Å². The Hall–Kier alpha value is -3.03. The van der Waals surface area contributed by atoms with Crippen LogP contribution in [-0.2, 0) is 6.11 Å². The van der Waals surface area contributed by atoms with Gasteiger partial charge in [0.2, 0.25) is 0 Å². The normalized spacial score (nSPS) is 11.5. The fraction of sp³-hybridized carbons (Fsp3) is 0.0526. The van der Waals surface area contributed by atoms with E-state index < -0.39 is 46.5 Å². The van der Waals surface area contributed by atoms with Crippen molar-refractivity contribution in [2.45, 2.75) is 6.11 Å². The third kappa shape index (κ3) is 3.74. The molecule has 0 heterocycles. The largest absolute Gasteiger partial charge is 0.429 e. The third-order valence-corrected chi connectivity index (χ3v) is 3.67. The lowest BCUT2D eigenvalue weighted by Gasteiger charge is -2.19. The van der Waals surface area contributed by atoms with Crippen molar-refractivity contribution in [2.75, 3.05) is 0 Å². The molecular formula is C19H9F7O. The van der Waals surface area contributed by atoms with Crippen molar-refractivity contribution in [3.63, 3.8) is 0 Å². The number of ether oxygens (including phenoxy) is 1. The average Bonchev–Trinajstić information content (AvgIpc) is 2.59. The van der Waals surface area contributed by atoms with Crippen molar-refractivity contribution in [3.8, 4) is 16.9 Å². The Balaban J connectivity index is 1.94. The number of halogens is 7. The predicted molar refractivity (Wildman–Crippen MR) is 82.6 cm³/mol. The summed E-state index contributed by atoms with van der Waals surface area (Å²) < 4.78 is 99.6. The van der Waals surface area contributed by atoms with Gasteiger partial charge >= 0.3 is 6.11 Å². The van der Waals surface area contributed by atoms with Crippen LogP contribution in [0.1, 0.15) is 5.56 Å². The maximum absolute atomic E-state index is 14.2. The lowest BCUT2D eigenvalue weighted by atomic mass is 10.0. The lowest BCUT2D eigenvalue weighted by molar-refractivity contribution is -0.187. The van der Waals surface area contributed by atoms with E-state index in [0.29, 0.717) is 12.1 Å². The van der Waals surface area contributed by atoms with Crippen LogP contribution < -0.4 is 4.74 Å². The zero-order chi connectivity index (χ0) is 19.8. The van der Waals surface area contributed by atoms with Crippen LogP contribution in [0.4, 0.5) is 30.7 Å². The van der Waals surface area contributed by atoms with Crippen LogP contribution >= 0.6 is 0 Å². The summed E-state index contributed by atoms with van der Waals surface area (Å²) in [5.74, 6) is -8.47. The summed E-state index contributed by atoms with van der Waals surface area (Å²) in [6.45, 7) is 0. The molecule has 0 spiro atoms. The Kier molecular flexibility index (Phi) is 4.82. The van der Waals surface area contributed by atoms with Crippen LogP contribution in [0.25, 0.3) is 11.1 Å². The summed E-state index contributed by atoms with van der Waals surface area (Å²) in [5.41, 5.74) is -1.24. The standard InChI is InChI=1S/C19H9F7O/c20-14-4-2-1-3-12(14)10-5-6-13(15(21)7-10)19(25,26)27-11-8-16(22)18(24)17(23)9-11/h1-9H. The molecule has 0 aromatic heterocycles. The van der Waals surface area contributed by atoms with Gasteiger partial charge in [-0.25, -0.2) is 22.0 Å². The maximum atomic E-state index is 14.2. The Bertz CT molecular complexity index is 978. The topological polar surface area (TPSA) is 9.23 Å². The SMILES string of the molecule is Fc1ccccc1-c1ccc(C(F)(F)Oc2cc(F)c(F)c(F)c2)c(F)c1. The Morgan fingerprint density at radius 2 is 1.30 bits per heavy atom. The highest BCUT2D eigenvalue weighted by Gasteiger charge is 2.38. The summed E-state index contributed by atoms with van der Waals surface area (Å²) in [5, 5.41) is 0. The van der Waals surface area contributed by atoms with E-state index >= 15 is 0 Å². The zero-order valence-corrected chi connectivity index (χ0v) is 13.3. The fourth-order valence-corrected chi connectivity index (χ4v) is 2.41. The summed E-state index contributed by atoms with van der Waals surface area (Å²) in [7, 11) is 0. The quantitative estimate of drug-likeness (QED) is 0.385. The van der Waals surface area contributed by atoms with E-state index in [9.17, 15) is 30.7 Å². The van der Waals surface area contributed by atoms with Gasteiger partial charge in [0.25, 0.3) is 0 Å². The van der Waals surface area contributed by atoms with E-state index in [1.165, 1.54) is 18.2 Å². The van der Waals surface area contributed by atoms with Gasteiger partial charge in [0.05, 0.1) is 5.56 Å². The van der Waals surface area contributed by atoms with Gasteiger partial charge in [-0.05, 0) is 23.8 Å². The van der Waals surface area contributed by atoms with Crippen LogP contribution in [-0.4, -0.2) is 0 Å². The molecule has 0 fully saturated rings. The summed E-state index contributed by atoms with van der Waals surface area (Å²) >= 11 is 0. The molecule has 0 N–H and O–H groups in total. The highest BCUT2D eigenvalue weighted by atomic mass is 19.3. The number of rotatable bonds is 4. The Morgan fingerprint density at radius 3 is 1.89 bits per heavy atom. The van der Waals surface area contributed by atoms with Crippen LogP contribution in [0.5, 0.6) is 5.75 Å². The van der Waals surface area contributed by atoms with Crippen LogP contribution in [0, 0.1) is 29.1 Å². The van der Waals surface area contributed by atoms with Crippen molar-refractivity contribution in [1.29, 1.82) is 0 Å². The molecule has 8 heteroatoms. The maximum Gasteiger partial charge on any atom is 0.429 e. The second-order valence-corrected chi connectivity index (χ2v) is 5.49. The minimum absolute atomic E-state index is 0.00372. The first kappa shape index (κ1) is 18.8. The first-order chi connectivity index (χ1) is 12.7. The molecule has 3 rings (SSSR count). The molecule has 0 aliphatic carbocycles.